The minimum atomic E-state index is -3.92. The Bertz CT molecular complexity index is 974. The summed E-state index contributed by atoms with van der Waals surface area (Å²) in [5.41, 5.74) is 0.803. The number of nitrogens with zero attached hydrogens (tertiary/aromatic N) is 3. The lowest BCUT2D eigenvalue weighted by Crippen LogP contribution is -2.14. The molecule has 130 valence electrons. The zero-order valence-corrected chi connectivity index (χ0v) is 15.0. The number of pyridine rings is 1. The van der Waals surface area contributed by atoms with Gasteiger partial charge in [0, 0.05) is 24.0 Å². The van der Waals surface area contributed by atoms with Crippen LogP contribution in [0.4, 0.5) is 5.13 Å². The van der Waals surface area contributed by atoms with E-state index in [2.05, 4.69) is 19.9 Å². The summed E-state index contributed by atoms with van der Waals surface area (Å²) in [6, 6.07) is 8.06. The number of aromatic nitrogens is 3. The second-order valence-electron chi connectivity index (χ2n) is 4.77. The normalized spacial score (nSPS) is 11.1. The lowest BCUT2D eigenvalue weighted by atomic mass is 10.3. The number of ether oxygens (including phenoxy) is 2. The van der Waals surface area contributed by atoms with E-state index in [4.69, 9.17) is 9.47 Å². The Balaban J connectivity index is 1.91. The Morgan fingerprint density at radius 3 is 2.48 bits per heavy atom. The fourth-order valence-electron chi connectivity index (χ4n) is 2.04. The number of nitrogens with one attached hydrogen (secondary N) is 1. The van der Waals surface area contributed by atoms with Crippen LogP contribution in [-0.2, 0) is 10.0 Å². The van der Waals surface area contributed by atoms with Crippen LogP contribution >= 0.6 is 11.3 Å². The van der Waals surface area contributed by atoms with Gasteiger partial charge in [-0.1, -0.05) is 11.3 Å². The van der Waals surface area contributed by atoms with Gasteiger partial charge in [0.1, 0.15) is 21.4 Å². The molecule has 25 heavy (non-hydrogen) atoms. The molecule has 10 heteroatoms. The van der Waals surface area contributed by atoms with Gasteiger partial charge in [-0.05, 0) is 24.3 Å². The van der Waals surface area contributed by atoms with E-state index in [-0.39, 0.29) is 15.8 Å². The molecule has 2 aromatic heterocycles. The molecule has 0 aliphatic heterocycles. The maximum atomic E-state index is 12.7. The molecule has 0 aliphatic rings. The molecule has 0 saturated carbocycles. The summed E-state index contributed by atoms with van der Waals surface area (Å²) in [4.78, 5) is 3.89. The average Bonchev–Trinajstić information content (AvgIpc) is 3.09. The van der Waals surface area contributed by atoms with Crippen LogP contribution < -0.4 is 14.2 Å². The zero-order chi connectivity index (χ0) is 17.9. The van der Waals surface area contributed by atoms with Crippen molar-refractivity contribution in [1.29, 1.82) is 0 Å². The minimum Gasteiger partial charge on any atom is -0.497 e. The van der Waals surface area contributed by atoms with Gasteiger partial charge in [-0.15, -0.1) is 10.2 Å². The summed E-state index contributed by atoms with van der Waals surface area (Å²) in [6.45, 7) is 0. The van der Waals surface area contributed by atoms with Crippen molar-refractivity contribution >= 4 is 26.5 Å². The summed E-state index contributed by atoms with van der Waals surface area (Å²) < 4.78 is 38.0. The molecule has 1 aromatic carbocycles. The van der Waals surface area contributed by atoms with Crippen molar-refractivity contribution in [1.82, 2.24) is 15.2 Å². The van der Waals surface area contributed by atoms with E-state index in [0.29, 0.717) is 10.8 Å². The summed E-state index contributed by atoms with van der Waals surface area (Å²) in [5.74, 6) is 0.600. The highest BCUT2D eigenvalue weighted by Crippen LogP contribution is 2.31. The van der Waals surface area contributed by atoms with E-state index in [1.165, 1.54) is 26.4 Å². The van der Waals surface area contributed by atoms with Crippen molar-refractivity contribution in [3.05, 3.63) is 42.7 Å². The van der Waals surface area contributed by atoms with Gasteiger partial charge in [-0.3, -0.25) is 9.71 Å². The molecular weight excluding hydrogens is 364 g/mol. The Morgan fingerprint density at radius 2 is 1.80 bits per heavy atom. The first-order chi connectivity index (χ1) is 12.0. The number of sulfonamides is 1. The van der Waals surface area contributed by atoms with Crippen molar-refractivity contribution in [2.75, 3.05) is 18.9 Å². The van der Waals surface area contributed by atoms with E-state index < -0.39 is 10.0 Å². The second-order valence-corrected chi connectivity index (χ2v) is 7.40. The number of benzene rings is 1. The van der Waals surface area contributed by atoms with Crippen LogP contribution in [0.2, 0.25) is 0 Å². The first-order valence-electron chi connectivity index (χ1n) is 7.02. The smallest absolute Gasteiger partial charge is 0.267 e. The third kappa shape index (κ3) is 3.69. The second kappa shape index (κ2) is 7.03. The first-order valence-corrected chi connectivity index (χ1v) is 9.32. The van der Waals surface area contributed by atoms with Gasteiger partial charge in [0.25, 0.3) is 10.0 Å². The molecule has 0 saturated heterocycles. The van der Waals surface area contributed by atoms with Gasteiger partial charge in [-0.2, -0.15) is 0 Å². The maximum Gasteiger partial charge on any atom is 0.267 e. The minimum absolute atomic E-state index is 0.0463. The van der Waals surface area contributed by atoms with Crippen molar-refractivity contribution in [2.24, 2.45) is 0 Å². The molecule has 0 aliphatic carbocycles. The predicted molar refractivity (Wildman–Crippen MR) is 93.5 cm³/mol. The van der Waals surface area contributed by atoms with E-state index in [9.17, 15) is 8.42 Å². The number of rotatable bonds is 6. The molecule has 3 rings (SSSR count). The first kappa shape index (κ1) is 17.1. The van der Waals surface area contributed by atoms with Crippen molar-refractivity contribution in [3.8, 4) is 22.1 Å². The summed E-state index contributed by atoms with van der Waals surface area (Å²) in [6.07, 6.45) is 3.25. The highest BCUT2D eigenvalue weighted by molar-refractivity contribution is 7.93. The van der Waals surface area contributed by atoms with Gasteiger partial charge in [-0.25, -0.2) is 8.42 Å². The van der Waals surface area contributed by atoms with Crippen LogP contribution in [0.15, 0.2) is 47.6 Å². The number of methoxy groups -OCH3 is 2. The summed E-state index contributed by atoms with van der Waals surface area (Å²) in [7, 11) is -1.07. The molecule has 1 N–H and O–H groups in total. The molecule has 3 aromatic rings. The quantitative estimate of drug-likeness (QED) is 0.702. The molecule has 0 amide bonds. The van der Waals surface area contributed by atoms with Crippen LogP contribution in [0.5, 0.6) is 11.5 Å². The van der Waals surface area contributed by atoms with Crippen molar-refractivity contribution in [2.45, 2.75) is 4.90 Å². The topological polar surface area (TPSA) is 103 Å². The van der Waals surface area contributed by atoms with Gasteiger partial charge < -0.3 is 9.47 Å². The van der Waals surface area contributed by atoms with Crippen LogP contribution in [0.25, 0.3) is 10.6 Å². The van der Waals surface area contributed by atoms with Crippen molar-refractivity contribution < 1.29 is 17.9 Å². The summed E-state index contributed by atoms with van der Waals surface area (Å²) in [5, 5.41) is 8.62. The SMILES string of the molecule is COc1ccc(OC)c(S(=O)(=O)Nc2nnc(-c3ccncc3)s2)c1. The molecule has 0 fully saturated rings. The molecule has 8 nitrogen and oxygen atoms in total. The third-order valence-electron chi connectivity index (χ3n) is 3.23. The summed E-state index contributed by atoms with van der Waals surface area (Å²) >= 11 is 1.12. The largest absolute Gasteiger partial charge is 0.497 e. The van der Waals surface area contributed by atoms with Gasteiger partial charge in [0.05, 0.1) is 14.2 Å². The van der Waals surface area contributed by atoms with Gasteiger partial charge >= 0.3 is 0 Å². The van der Waals surface area contributed by atoms with Crippen LogP contribution in [0.3, 0.4) is 0 Å². The Morgan fingerprint density at radius 1 is 1.04 bits per heavy atom. The molecule has 0 bridgehead atoms. The predicted octanol–water partition coefficient (Wildman–Crippen LogP) is 2.42. The average molecular weight is 378 g/mol. The van der Waals surface area contributed by atoms with Crippen molar-refractivity contribution in [3.63, 3.8) is 0 Å². The lowest BCUT2D eigenvalue weighted by molar-refractivity contribution is 0.392. The molecule has 2 heterocycles. The van der Waals surface area contributed by atoms with Gasteiger partial charge in [0.2, 0.25) is 5.13 Å². The fourth-order valence-corrected chi connectivity index (χ4v) is 4.20. The van der Waals surface area contributed by atoms with Crippen LogP contribution in [0, 0.1) is 0 Å². The fraction of sp³-hybridized carbons (Fsp3) is 0.133. The van der Waals surface area contributed by atoms with E-state index in [0.717, 1.165) is 16.9 Å². The van der Waals surface area contributed by atoms with E-state index >= 15 is 0 Å². The Labute approximate surface area is 148 Å². The Hall–Kier alpha value is -2.72. The number of hydrogen-bond acceptors (Lipinski definition) is 8. The highest BCUT2D eigenvalue weighted by Gasteiger charge is 2.22. The van der Waals surface area contributed by atoms with E-state index in [1.54, 1.807) is 30.6 Å². The molecule has 0 unspecified atom stereocenters. The monoisotopic (exact) mass is 378 g/mol. The number of hydrogen-bond donors (Lipinski definition) is 1. The molecular formula is C15H14N4O4S2. The zero-order valence-electron chi connectivity index (χ0n) is 13.3. The number of anilines is 1. The third-order valence-corrected chi connectivity index (χ3v) is 5.61. The lowest BCUT2D eigenvalue weighted by Gasteiger charge is -2.11. The molecule has 0 spiro atoms. The standard InChI is InChI=1S/C15H14N4O4S2/c1-22-11-3-4-12(23-2)13(9-11)25(20,21)19-15-18-17-14(24-15)10-5-7-16-8-6-10/h3-9H,1-2H3,(H,18,19). The van der Waals surface area contributed by atoms with Crippen LogP contribution in [-0.4, -0.2) is 37.8 Å². The van der Waals surface area contributed by atoms with Crippen LogP contribution in [0.1, 0.15) is 0 Å². The Kier molecular flexibility index (Phi) is 4.81. The molecule has 0 atom stereocenters. The van der Waals surface area contributed by atoms with E-state index in [1.807, 2.05) is 0 Å². The highest BCUT2D eigenvalue weighted by atomic mass is 32.2. The van der Waals surface area contributed by atoms with Gasteiger partial charge in [0.15, 0.2) is 0 Å². The maximum absolute atomic E-state index is 12.7. The molecule has 0 radical (unpaired) electrons.